The van der Waals surface area contributed by atoms with Crippen molar-refractivity contribution in [2.75, 3.05) is 32.6 Å². The van der Waals surface area contributed by atoms with E-state index in [1.807, 2.05) is 18.8 Å². The summed E-state index contributed by atoms with van der Waals surface area (Å²) in [5, 5.41) is 12.8. The highest BCUT2D eigenvalue weighted by molar-refractivity contribution is 7.99. The normalized spacial score (nSPS) is 21.7. The maximum absolute atomic E-state index is 8.95. The van der Waals surface area contributed by atoms with Crippen molar-refractivity contribution in [1.29, 1.82) is 0 Å². The van der Waals surface area contributed by atoms with Gasteiger partial charge in [0.15, 0.2) is 0 Å². The van der Waals surface area contributed by atoms with Crippen LogP contribution in [0.3, 0.4) is 0 Å². The molecular weight excluding hydrogens is 186 g/mol. The molecule has 78 valence electrons. The number of rotatable bonds is 5. The van der Waals surface area contributed by atoms with E-state index in [4.69, 9.17) is 9.84 Å². The van der Waals surface area contributed by atoms with E-state index in [0.717, 1.165) is 37.1 Å². The molecule has 0 aromatic rings. The molecule has 1 aliphatic heterocycles. The van der Waals surface area contributed by atoms with Gasteiger partial charge in [0.05, 0.1) is 6.61 Å². The molecule has 0 aromatic heterocycles. The summed E-state index contributed by atoms with van der Waals surface area (Å²) in [7, 11) is 1.89. The van der Waals surface area contributed by atoms with Gasteiger partial charge < -0.3 is 15.2 Å². The Morgan fingerprint density at radius 2 is 2.23 bits per heavy atom. The number of likely N-dealkylation sites (N-methyl/N-ethyl adjacent to an activating group) is 1. The van der Waals surface area contributed by atoms with Crippen LogP contribution in [0.5, 0.6) is 0 Å². The lowest BCUT2D eigenvalue weighted by atomic mass is 10.2. The summed E-state index contributed by atoms with van der Waals surface area (Å²) in [6.45, 7) is 2.04. The van der Waals surface area contributed by atoms with E-state index < -0.39 is 0 Å². The fourth-order valence-corrected chi connectivity index (χ4v) is 2.62. The van der Waals surface area contributed by atoms with E-state index in [9.17, 15) is 0 Å². The predicted molar refractivity (Wildman–Crippen MR) is 56.2 cm³/mol. The summed E-state index contributed by atoms with van der Waals surface area (Å²) in [5.41, 5.74) is 0. The molecule has 0 spiro atoms. The number of thioether (sulfide) groups is 1. The first kappa shape index (κ1) is 11.3. The van der Waals surface area contributed by atoms with Crippen LogP contribution >= 0.6 is 11.8 Å². The number of nitrogens with one attached hydrogen (secondary N) is 1. The maximum atomic E-state index is 8.95. The van der Waals surface area contributed by atoms with Crippen LogP contribution in [0, 0.1) is 0 Å². The van der Waals surface area contributed by atoms with Gasteiger partial charge in [-0.3, -0.25) is 0 Å². The Morgan fingerprint density at radius 1 is 1.54 bits per heavy atom. The highest BCUT2D eigenvalue weighted by Gasteiger charge is 2.15. The quantitative estimate of drug-likeness (QED) is 0.685. The van der Waals surface area contributed by atoms with Gasteiger partial charge in [-0.05, 0) is 19.9 Å². The van der Waals surface area contributed by atoms with Gasteiger partial charge in [-0.25, -0.2) is 0 Å². The zero-order valence-electron chi connectivity index (χ0n) is 8.16. The third-order valence-electron chi connectivity index (χ3n) is 2.33. The first-order valence-corrected chi connectivity index (χ1v) is 5.89. The standard InChI is InChI=1S/C9H19NO2S/c1-10-8(6-11)7-13-9-2-4-12-5-3-9/h8-11H,2-7H2,1H3. The molecule has 13 heavy (non-hydrogen) atoms. The second kappa shape index (κ2) is 6.65. The van der Waals surface area contributed by atoms with Crippen molar-refractivity contribution >= 4 is 11.8 Å². The average molecular weight is 205 g/mol. The summed E-state index contributed by atoms with van der Waals surface area (Å²) in [6, 6.07) is 0.243. The molecule has 0 amide bonds. The number of hydrogen-bond donors (Lipinski definition) is 2. The molecule has 0 saturated carbocycles. The molecule has 1 saturated heterocycles. The second-order valence-corrected chi connectivity index (χ2v) is 4.65. The first-order chi connectivity index (χ1) is 6.36. The van der Waals surface area contributed by atoms with E-state index >= 15 is 0 Å². The molecule has 0 aliphatic carbocycles. The minimum atomic E-state index is 0.229. The van der Waals surface area contributed by atoms with Crippen LogP contribution in [0.2, 0.25) is 0 Å². The Bertz CT molecular complexity index is 125. The first-order valence-electron chi connectivity index (χ1n) is 4.84. The molecule has 0 bridgehead atoms. The van der Waals surface area contributed by atoms with Crippen molar-refractivity contribution < 1.29 is 9.84 Å². The van der Waals surface area contributed by atoms with Crippen LogP contribution in [-0.4, -0.2) is 49.0 Å². The number of ether oxygens (including phenoxy) is 1. The smallest absolute Gasteiger partial charge is 0.0592 e. The van der Waals surface area contributed by atoms with Crippen LogP contribution in [0.15, 0.2) is 0 Å². The molecule has 4 heteroatoms. The maximum Gasteiger partial charge on any atom is 0.0592 e. The van der Waals surface area contributed by atoms with E-state index in [2.05, 4.69) is 5.32 Å². The Hall–Kier alpha value is 0.230. The van der Waals surface area contributed by atoms with Crippen LogP contribution in [0.1, 0.15) is 12.8 Å². The molecule has 1 heterocycles. The van der Waals surface area contributed by atoms with E-state index in [-0.39, 0.29) is 12.6 Å². The summed E-state index contributed by atoms with van der Waals surface area (Å²) in [6.07, 6.45) is 2.32. The van der Waals surface area contributed by atoms with Gasteiger partial charge in [0.1, 0.15) is 0 Å². The van der Waals surface area contributed by atoms with Gasteiger partial charge >= 0.3 is 0 Å². The lowest BCUT2D eigenvalue weighted by Gasteiger charge is -2.23. The summed E-state index contributed by atoms with van der Waals surface area (Å²) in [4.78, 5) is 0. The summed E-state index contributed by atoms with van der Waals surface area (Å²) in [5.74, 6) is 0.998. The van der Waals surface area contributed by atoms with E-state index in [0.29, 0.717) is 0 Å². The van der Waals surface area contributed by atoms with Crippen molar-refractivity contribution in [3.8, 4) is 0 Å². The SMILES string of the molecule is CNC(CO)CSC1CCOCC1. The molecular formula is C9H19NO2S. The van der Waals surface area contributed by atoms with Crippen molar-refractivity contribution in [3.05, 3.63) is 0 Å². The fraction of sp³-hybridized carbons (Fsp3) is 1.00. The fourth-order valence-electron chi connectivity index (χ4n) is 1.32. The van der Waals surface area contributed by atoms with E-state index in [1.165, 1.54) is 0 Å². The second-order valence-electron chi connectivity index (χ2n) is 3.31. The van der Waals surface area contributed by atoms with Crippen molar-refractivity contribution in [2.45, 2.75) is 24.1 Å². The topological polar surface area (TPSA) is 41.5 Å². The van der Waals surface area contributed by atoms with Gasteiger partial charge in [0.2, 0.25) is 0 Å². The van der Waals surface area contributed by atoms with Crippen LogP contribution in [0.4, 0.5) is 0 Å². The Morgan fingerprint density at radius 3 is 2.77 bits per heavy atom. The molecule has 1 rings (SSSR count). The van der Waals surface area contributed by atoms with Crippen LogP contribution in [-0.2, 0) is 4.74 Å². The molecule has 1 atom stereocenters. The Balaban J connectivity index is 2.09. The van der Waals surface area contributed by atoms with Gasteiger partial charge in [-0.2, -0.15) is 11.8 Å². The Kier molecular flexibility index (Phi) is 5.78. The van der Waals surface area contributed by atoms with E-state index in [1.54, 1.807) is 0 Å². The minimum Gasteiger partial charge on any atom is -0.395 e. The summed E-state index contributed by atoms with van der Waals surface area (Å²) >= 11 is 1.95. The predicted octanol–water partition coefficient (Wildman–Crippen LogP) is 0.479. The van der Waals surface area contributed by atoms with Crippen molar-refractivity contribution in [1.82, 2.24) is 5.32 Å². The van der Waals surface area contributed by atoms with Crippen LogP contribution in [0.25, 0.3) is 0 Å². The average Bonchev–Trinajstić information content (AvgIpc) is 2.21. The number of aliphatic hydroxyl groups excluding tert-OH is 1. The minimum absolute atomic E-state index is 0.229. The van der Waals surface area contributed by atoms with Gasteiger partial charge in [0, 0.05) is 30.3 Å². The number of aliphatic hydroxyl groups is 1. The Labute approximate surface area is 84.2 Å². The molecule has 1 aliphatic rings. The van der Waals surface area contributed by atoms with Crippen molar-refractivity contribution in [3.63, 3.8) is 0 Å². The molecule has 1 fully saturated rings. The highest BCUT2D eigenvalue weighted by Crippen LogP contribution is 2.22. The molecule has 3 nitrogen and oxygen atoms in total. The zero-order valence-corrected chi connectivity index (χ0v) is 8.98. The number of hydrogen-bond acceptors (Lipinski definition) is 4. The third kappa shape index (κ3) is 4.31. The van der Waals surface area contributed by atoms with Gasteiger partial charge in [-0.1, -0.05) is 0 Å². The largest absolute Gasteiger partial charge is 0.395 e. The van der Waals surface area contributed by atoms with Crippen molar-refractivity contribution in [2.24, 2.45) is 0 Å². The zero-order chi connectivity index (χ0) is 9.52. The molecule has 1 unspecified atom stereocenters. The highest BCUT2D eigenvalue weighted by atomic mass is 32.2. The van der Waals surface area contributed by atoms with Gasteiger partial charge in [-0.15, -0.1) is 0 Å². The molecule has 2 N–H and O–H groups in total. The molecule has 0 aromatic carbocycles. The molecule has 0 radical (unpaired) electrons. The van der Waals surface area contributed by atoms with Gasteiger partial charge in [0.25, 0.3) is 0 Å². The van der Waals surface area contributed by atoms with Crippen LogP contribution < -0.4 is 5.32 Å². The lowest BCUT2D eigenvalue weighted by molar-refractivity contribution is 0.1000. The monoisotopic (exact) mass is 205 g/mol. The third-order valence-corrected chi connectivity index (χ3v) is 3.87. The summed E-state index contributed by atoms with van der Waals surface area (Å²) < 4.78 is 5.28. The lowest BCUT2D eigenvalue weighted by Crippen LogP contribution is -2.32.